The van der Waals surface area contributed by atoms with Crippen LogP contribution in [0.2, 0.25) is 0 Å². The first kappa shape index (κ1) is 8.70. The third kappa shape index (κ3) is 1.73. The van der Waals surface area contributed by atoms with Crippen LogP contribution in [0.5, 0.6) is 0 Å². The zero-order valence-electron chi connectivity index (χ0n) is 7.87. The van der Waals surface area contributed by atoms with Crippen LogP contribution in [0, 0.1) is 0 Å². The summed E-state index contributed by atoms with van der Waals surface area (Å²) in [7, 11) is 0. The molecule has 0 spiro atoms. The van der Waals surface area contributed by atoms with E-state index in [1.807, 2.05) is 17.8 Å². The van der Waals surface area contributed by atoms with Crippen molar-refractivity contribution in [2.75, 3.05) is 0 Å². The number of nitrogens with one attached hydrogen (secondary N) is 1. The van der Waals surface area contributed by atoms with E-state index in [1.165, 1.54) is 16.2 Å². The molecule has 0 amide bonds. The van der Waals surface area contributed by atoms with Crippen LogP contribution in [0.3, 0.4) is 0 Å². The van der Waals surface area contributed by atoms with Crippen molar-refractivity contribution in [3.63, 3.8) is 0 Å². The molecule has 2 heteroatoms. The van der Waals surface area contributed by atoms with Crippen LogP contribution in [0.4, 0.5) is 0 Å². The monoisotopic (exact) mass is 191 g/mol. The lowest BCUT2D eigenvalue weighted by atomic mass is 10.1. The molecule has 1 atom stereocenters. The number of benzene rings is 1. The van der Waals surface area contributed by atoms with E-state index in [-0.39, 0.29) is 0 Å². The van der Waals surface area contributed by atoms with E-state index in [0.29, 0.717) is 5.37 Å². The average Bonchev–Trinajstić information content (AvgIpc) is 2.47. The van der Waals surface area contributed by atoms with E-state index in [0.717, 1.165) is 0 Å². The quantitative estimate of drug-likeness (QED) is 0.732. The zero-order valence-corrected chi connectivity index (χ0v) is 8.69. The normalized spacial score (nSPS) is 21.8. The second-order valence-electron chi connectivity index (χ2n) is 3.20. The molecule has 0 fully saturated rings. The van der Waals surface area contributed by atoms with Crippen molar-refractivity contribution in [2.45, 2.75) is 19.2 Å². The molecule has 1 unspecified atom stereocenters. The van der Waals surface area contributed by atoms with Gasteiger partial charge in [0, 0.05) is 4.91 Å². The van der Waals surface area contributed by atoms with Crippen LogP contribution >= 0.6 is 11.8 Å². The summed E-state index contributed by atoms with van der Waals surface area (Å²) in [4.78, 5) is 1.39. The standard InChI is InChI=1S/C11H13NS/c1-8-11(12-9(2)13-8)10-6-4-3-5-7-10/h3-7,9,12H,1-2H3. The second kappa shape index (κ2) is 3.46. The summed E-state index contributed by atoms with van der Waals surface area (Å²) >= 11 is 1.89. The number of allylic oxidation sites excluding steroid dienone is 1. The molecule has 0 aliphatic carbocycles. The predicted octanol–water partition coefficient (Wildman–Crippen LogP) is 3.06. The fourth-order valence-electron chi connectivity index (χ4n) is 1.55. The van der Waals surface area contributed by atoms with Gasteiger partial charge < -0.3 is 5.32 Å². The molecular formula is C11H13NS. The van der Waals surface area contributed by atoms with Crippen molar-refractivity contribution in [2.24, 2.45) is 0 Å². The van der Waals surface area contributed by atoms with Crippen LogP contribution in [-0.4, -0.2) is 5.37 Å². The van der Waals surface area contributed by atoms with Crippen LogP contribution in [-0.2, 0) is 0 Å². The molecule has 1 aromatic rings. The van der Waals surface area contributed by atoms with E-state index in [1.54, 1.807) is 0 Å². The summed E-state index contributed by atoms with van der Waals surface area (Å²) in [5.74, 6) is 0. The second-order valence-corrected chi connectivity index (χ2v) is 4.76. The Balaban J connectivity index is 2.33. The maximum absolute atomic E-state index is 3.46. The fraction of sp³-hybridized carbons (Fsp3) is 0.273. The first-order valence-electron chi connectivity index (χ1n) is 4.47. The minimum absolute atomic E-state index is 0.509. The van der Waals surface area contributed by atoms with Crippen LogP contribution in [0.1, 0.15) is 19.4 Å². The summed E-state index contributed by atoms with van der Waals surface area (Å²) in [6, 6.07) is 10.5. The molecule has 0 radical (unpaired) electrons. The van der Waals surface area contributed by atoms with Gasteiger partial charge in [-0.2, -0.15) is 0 Å². The highest BCUT2D eigenvalue weighted by Gasteiger charge is 2.17. The van der Waals surface area contributed by atoms with Gasteiger partial charge in [0.25, 0.3) is 0 Å². The summed E-state index contributed by atoms with van der Waals surface area (Å²) in [6.45, 7) is 4.35. The number of thioether (sulfide) groups is 1. The zero-order chi connectivity index (χ0) is 9.26. The molecule has 1 aliphatic heterocycles. The summed E-state index contributed by atoms with van der Waals surface area (Å²) in [5, 5.41) is 3.97. The lowest BCUT2D eigenvalue weighted by Gasteiger charge is -2.06. The van der Waals surface area contributed by atoms with Gasteiger partial charge in [0.15, 0.2) is 0 Å². The first-order valence-corrected chi connectivity index (χ1v) is 5.35. The van der Waals surface area contributed by atoms with Gasteiger partial charge in [-0.3, -0.25) is 0 Å². The van der Waals surface area contributed by atoms with Gasteiger partial charge in [-0.25, -0.2) is 0 Å². The molecule has 0 saturated carbocycles. The first-order chi connectivity index (χ1) is 6.27. The summed E-state index contributed by atoms with van der Waals surface area (Å²) in [6.07, 6.45) is 0. The van der Waals surface area contributed by atoms with Crippen molar-refractivity contribution in [1.82, 2.24) is 5.32 Å². The molecule has 0 bridgehead atoms. The molecule has 68 valence electrons. The molecule has 0 saturated heterocycles. The number of rotatable bonds is 1. The van der Waals surface area contributed by atoms with Crippen LogP contribution in [0.15, 0.2) is 35.2 Å². The Morgan fingerprint density at radius 1 is 1.23 bits per heavy atom. The Morgan fingerprint density at radius 2 is 1.92 bits per heavy atom. The van der Waals surface area contributed by atoms with Gasteiger partial charge in [0.2, 0.25) is 0 Å². The van der Waals surface area contributed by atoms with Gasteiger partial charge in [0.1, 0.15) is 0 Å². The largest absolute Gasteiger partial charge is 0.372 e. The third-order valence-corrected chi connectivity index (χ3v) is 3.14. The minimum Gasteiger partial charge on any atom is -0.372 e. The molecule has 13 heavy (non-hydrogen) atoms. The van der Waals surface area contributed by atoms with E-state index >= 15 is 0 Å². The molecule has 1 heterocycles. The Bertz CT molecular complexity index is 329. The topological polar surface area (TPSA) is 12.0 Å². The minimum atomic E-state index is 0.509. The lowest BCUT2D eigenvalue weighted by molar-refractivity contribution is 0.891. The number of hydrogen-bond donors (Lipinski definition) is 1. The van der Waals surface area contributed by atoms with E-state index in [2.05, 4.69) is 43.4 Å². The fourth-order valence-corrected chi connectivity index (χ4v) is 2.55. The Kier molecular flexibility index (Phi) is 2.32. The highest BCUT2D eigenvalue weighted by molar-refractivity contribution is 8.04. The maximum atomic E-state index is 3.46. The van der Waals surface area contributed by atoms with Crippen LogP contribution in [0.25, 0.3) is 5.70 Å². The molecule has 1 aliphatic rings. The van der Waals surface area contributed by atoms with Gasteiger partial charge >= 0.3 is 0 Å². The molecule has 2 rings (SSSR count). The van der Waals surface area contributed by atoms with Gasteiger partial charge in [-0.1, -0.05) is 30.3 Å². The van der Waals surface area contributed by atoms with E-state index in [9.17, 15) is 0 Å². The van der Waals surface area contributed by atoms with Gasteiger partial charge in [-0.05, 0) is 19.4 Å². The van der Waals surface area contributed by atoms with E-state index < -0.39 is 0 Å². The summed E-state index contributed by atoms with van der Waals surface area (Å²) < 4.78 is 0. The Morgan fingerprint density at radius 3 is 2.46 bits per heavy atom. The van der Waals surface area contributed by atoms with Crippen molar-refractivity contribution >= 4 is 17.5 Å². The smallest absolute Gasteiger partial charge is 0.0738 e. The Hall–Kier alpha value is -0.890. The molecular weight excluding hydrogens is 178 g/mol. The van der Waals surface area contributed by atoms with Crippen molar-refractivity contribution in [3.05, 3.63) is 40.8 Å². The summed E-state index contributed by atoms with van der Waals surface area (Å²) in [5.41, 5.74) is 2.58. The SMILES string of the molecule is CC1=C(c2ccccc2)NC(C)S1. The highest BCUT2D eigenvalue weighted by Crippen LogP contribution is 2.34. The molecule has 1 nitrogen and oxygen atoms in total. The maximum Gasteiger partial charge on any atom is 0.0738 e. The Labute approximate surface area is 83.2 Å². The average molecular weight is 191 g/mol. The van der Waals surface area contributed by atoms with Crippen LogP contribution < -0.4 is 5.32 Å². The lowest BCUT2D eigenvalue weighted by Crippen LogP contribution is -2.15. The van der Waals surface area contributed by atoms with Crippen molar-refractivity contribution < 1.29 is 0 Å². The van der Waals surface area contributed by atoms with Crippen molar-refractivity contribution in [3.8, 4) is 0 Å². The molecule has 1 aromatic carbocycles. The number of hydrogen-bond acceptors (Lipinski definition) is 2. The predicted molar refractivity (Wildman–Crippen MR) is 59.2 cm³/mol. The van der Waals surface area contributed by atoms with Gasteiger partial charge in [0.05, 0.1) is 11.1 Å². The van der Waals surface area contributed by atoms with Crippen molar-refractivity contribution in [1.29, 1.82) is 0 Å². The third-order valence-electron chi connectivity index (χ3n) is 2.12. The van der Waals surface area contributed by atoms with Gasteiger partial charge in [-0.15, -0.1) is 11.8 Å². The molecule has 0 aromatic heterocycles. The highest BCUT2D eigenvalue weighted by atomic mass is 32.2. The van der Waals surface area contributed by atoms with E-state index in [4.69, 9.17) is 0 Å². The molecule has 1 N–H and O–H groups in total.